The molecule has 0 aromatic heterocycles. The molecule has 0 fully saturated rings. The van der Waals surface area contributed by atoms with E-state index >= 15 is 0 Å². The molecular weight excluding hydrogens is 326 g/mol. The van der Waals surface area contributed by atoms with Crippen LogP contribution in [-0.4, -0.2) is 37.7 Å². The lowest BCUT2D eigenvalue weighted by Gasteiger charge is -2.05. The minimum absolute atomic E-state index is 0.00764. The summed E-state index contributed by atoms with van der Waals surface area (Å²) in [5, 5.41) is 4.31. The number of hydrogen-bond donors (Lipinski definition) is 2. The van der Waals surface area contributed by atoms with E-state index in [1.54, 1.807) is 6.92 Å². The first-order chi connectivity index (χ1) is 11.4. The van der Waals surface area contributed by atoms with Crippen molar-refractivity contribution >= 4 is 24.0 Å². The van der Waals surface area contributed by atoms with E-state index in [0.29, 0.717) is 12.1 Å². The number of urea groups is 1. The van der Waals surface area contributed by atoms with Crippen LogP contribution in [0, 0.1) is 0 Å². The van der Waals surface area contributed by atoms with Crippen LogP contribution in [0.2, 0.25) is 0 Å². The standard InChI is InChI=1S/C15H16F2N2O5/c1-2-18-15(22)19-12(20)9-23-13(21)8-5-10-3-6-11(7-4-10)24-14(16)17/h3-8,14H,2,9H2,1H3,(H2,18,19,20,22)/b8-5+. The Morgan fingerprint density at radius 3 is 2.46 bits per heavy atom. The Balaban J connectivity index is 2.40. The van der Waals surface area contributed by atoms with Crippen molar-refractivity contribution in [2.45, 2.75) is 13.5 Å². The topological polar surface area (TPSA) is 93.7 Å². The lowest BCUT2D eigenvalue weighted by molar-refractivity contribution is -0.143. The highest BCUT2D eigenvalue weighted by molar-refractivity contribution is 5.96. The van der Waals surface area contributed by atoms with Crippen LogP contribution in [0.25, 0.3) is 6.08 Å². The number of carbonyl (C=O) groups is 3. The van der Waals surface area contributed by atoms with Crippen molar-refractivity contribution in [2.24, 2.45) is 0 Å². The molecule has 130 valence electrons. The second-order valence-corrected chi connectivity index (χ2v) is 4.30. The molecule has 1 rings (SSSR count). The van der Waals surface area contributed by atoms with Gasteiger partial charge in [0.05, 0.1) is 0 Å². The second-order valence-electron chi connectivity index (χ2n) is 4.30. The first-order valence-electron chi connectivity index (χ1n) is 6.88. The van der Waals surface area contributed by atoms with Gasteiger partial charge in [-0.25, -0.2) is 9.59 Å². The van der Waals surface area contributed by atoms with E-state index in [2.05, 4.69) is 14.8 Å². The van der Waals surface area contributed by atoms with Crippen LogP contribution in [0.15, 0.2) is 30.3 Å². The Morgan fingerprint density at radius 2 is 1.88 bits per heavy atom. The van der Waals surface area contributed by atoms with Crippen molar-refractivity contribution < 1.29 is 32.6 Å². The van der Waals surface area contributed by atoms with E-state index < -0.39 is 31.1 Å². The molecule has 0 atom stereocenters. The first-order valence-corrected chi connectivity index (χ1v) is 6.88. The van der Waals surface area contributed by atoms with Gasteiger partial charge in [0.2, 0.25) is 0 Å². The summed E-state index contributed by atoms with van der Waals surface area (Å²) < 4.78 is 32.8. The van der Waals surface area contributed by atoms with Crippen LogP contribution in [0.5, 0.6) is 5.75 Å². The first kappa shape index (κ1) is 19.1. The number of esters is 1. The average Bonchev–Trinajstić information content (AvgIpc) is 2.52. The van der Waals surface area contributed by atoms with Crippen LogP contribution in [-0.2, 0) is 14.3 Å². The van der Waals surface area contributed by atoms with Crippen LogP contribution in [0.4, 0.5) is 13.6 Å². The minimum Gasteiger partial charge on any atom is -0.452 e. The quantitative estimate of drug-likeness (QED) is 0.581. The number of imide groups is 1. The number of alkyl halides is 2. The van der Waals surface area contributed by atoms with Gasteiger partial charge < -0.3 is 14.8 Å². The molecule has 9 heteroatoms. The highest BCUT2D eigenvalue weighted by Gasteiger charge is 2.08. The number of ether oxygens (including phenoxy) is 2. The molecule has 0 heterocycles. The fraction of sp³-hybridized carbons (Fsp3) is 0.267. The largest absolute Gasteiger partial charge is 0.452 e. The SMILES string of the molecule is CCNC(=O)NC(=O)COC(=O)/C=C/c1ccc(OC(F)F)cc1. The van der Waals surface area contributed by atoms with Crippen molar-refractivity contribution in [3.8, 4) is 5.75 Å². The molecule has 0 aliphatic heterocycles. The number of rotatable bonds is 7. The third-order valence-electron chi connectivity index (χ3n) is 2.45. The van der Waals surface area contributed by atoms with Gasteiger partial charge in [-0.3, -0.25) is 10.1 Å². The number of hydrogen-bond acceptors (Lipinski definition) is 5. The van der Waals surface area contributed by atoms with Gasteiger partial charge in [0.15, 0.2) is 6.61 Å². The maximum atomic E-state index is 12.0. The van der Waals surface area contributed by atoms with Gasteiger partial charge in [0, 0.05) is 12.6 Å². The molecule has 0 radical (unpaired) electrons. The Labute approximate surface area is 136 Å². The van der Waals surface area contributed by atoms with E-state index in [9.17, 15) is 23.2 Å². The Hall–Kier alpha value is -2.97. The molecule has 3 amide bonds. The summed E-state index contributed by atoms with van der Waals surface area (Å²) >= 11 is 0. The third-order valence-corrected chi connectivity index (χ3v) is 2.45. The molecule has 0 aliphatic rings. The Bertz CT molecular complexity index is 602. The van der Waals surface area contributed by atoms with Gasteiger partial charge in [-0.2, -0.15) is 8.78 Å². The molecule has 2 N–H and O–H groups in total. The number of nitrogens with one attached hydrogen (secondary N) is 2. The van der Waals surface area contributed by atoms with Gasteiger partial charge in [-0.1, -0.05) is 12.1 Å². The van der Waals surface area contributed by atoms with Gasteiger partial charge in [0.1, 0.15) is 5.75 Å². The van der Waals surface area contributed by atoms with Crippen molar-refractivity contribution in [2.75, 3.05) is 13.2 Å². The summed E-state index contributed by atoms with van der Waals surface area (Å²) in [4.78, 5) is 33.8. The smallest absolute Gasteiger partial charge is 0.387 e. The van der Waals surface area contributed by atoms with Crippen LogP contribution in [0.1, 0.15) is 12.5 Å². The maximum Gasteiger partial charge on any atom is 0.387 e. The molecule has 0 unspecified atom stereocenters. The normalized spacial score (nSPS) is 10.5. The monoisotopic (exact) mass is 342 g/mol. The molecule has 0 saturated heterocycles. The molecule has 1 aromatic rings. The number of halogens is 2. The van der Waals surface area contributed by atoms with Crippen LogP contribution < -0.4 is 15.4 Å². The van der Waals surface area contributed by atoms with Crippen molar-refractivity contribution in [3.05, 3.63) is 35.9 Å². The average molecular weight is 342 g/mol. The number of amides is 3. The highest BCUT2D eigenvalue weighted by Crippen LogP contribution is 2.15. The Morgan fingerprint density at radius 1 is 1.21 bits per heavy atom. The maximum absolute atomic E-state index is 12.0. The Kier molecular flexibility index (Phi) is 7.89. The zero-order chi connectivity index (χ0) is 17.9. The summed E-state index contributed by atoms with van der Waals surface area (Å²) in [5.41, 5.74) is 0.542. The van der Waals surface area contributed by atoms with Crippen molar-refractivity contribution in [3.63, 3.8) is 0 Å². The summed E-state index contributed by atoms with van der Waals surface area (Å²) in [6, 6.07) is 4.88. The molecule has 7 nitrogen and oxygen atoms in total. The van der Waals surface area contributed by atoms with Gasteiger partial charge in [-0.15, -0.1) is 0 Å². The second kappa shape index (κ2) is 9.93. The zero-order valence-corrected chi connectivity index (χ0v) is 12.8. The molecule has 0 spiro atoms. The summed E-state index contributed by atoms with van der Waals surface area (Å²) in [7, 11) is 0. The lowest BCUT2D eigenvalue weighted by atomic mass is 10.2. The van der Waals surface area contributed by atoms with Gasteiger partial charge >= 0.3 is 18.6 Å². The van der Waals surface area contributed by atoms with E-state index in [-0.39, 0.29) is 5.75 Å². The van der Waals surface area contributed by atoms with Crippen molar-refractivity contribution in [1.82, 2.24) is 10.6 Å². The molecular formula is C15H16F2N2O5. The van der Waals surface area contributed by atoms with E-state index in [4.69, 9.17) is 0 Å². The summed E-state index contributed by atoms with van der Waals surface area (Å²) in [6.45, 7) is -1.49. The van der Waals surface area contributed by atoms with E-state index in [1.165, 1.54) is 30.3 Å². The minimum atomic E-state index is -2.91. The van der Waals surface area contributed by atoms with Crippen LogP contribution >= 0.6 is 0 Å². The fourth-order valence-electron chi connectivity index (χ4n) is 1.48. The van der Waals surface area contributed by atoms with Gasteiger partial charge in [0.25, 0.3) is 5.91 Å². The predicted molar refractivity (Wildman–Crippen MR) is 80.3 cm³/mol. The lowest BCUT2D eigenvalue weighted by Crippen LogP contribution is -2.41. The summed E-state index contributed by atoms with van der Waals surface area (Å²) in [6.07, 6.45) is 2.43. The highest BCUT2D eigenvalue weighted by atomic mass is 19.3. The zero-order valence-electron chi connectivity index (χ0n) is 12.8. The summed E-state index contributed by atoms with van der Waals surface area (Å²) in [5.74, 6) is -1.57. The predicted octanol–water partition coefficient (Wildman–Crippen LogP) is 1.69. The van der Waals surface area contributed by atoms with Gasteiger partial charge in [-0.05, 0) is 30.7 Å². The van der Waals surface area contributed by atoms with E-state index in [0.717, 1.165) is 6.08 Å². The molecule has 0 saturated carbocycles. The molecule has 0 aliphatic carbocycles. The van der Waals surface area contributed by atoms with E-state index in [1.807, 2.05) is 5.32 Å². The number of carbonyl (C=O) groups excluding carboxylic acids is 3. The third kappa shape index (κ3) is 7.87. The van der Waals surface area contributed by atoms with Crippen LogP contribution in [0.3, 0.4) is 0 Å². The van der Waals surface area contributed by atoms with Crippen molar-refractivity contribution in [1.29, 1.82) is 0 Å². The molecule has 0 bridgehead atoms. The number of benzene rings is 1. The fourth-order valence-corrected chi connectivity index (χ4v) is 1.48. The molecule has 24 heavy (non-hydrogen) atoms. The molecule has 1 aromatic carbocycles.